The summed E-state index contributed by atoms with van der Waals surface area (Å²) in [5, 5.41) is 8.93. The summed E-state index contributed by atoms with van der Waals surface area (Å²) >= 11 is 0. The normalized spacial score (nSPS) is 22.1. The van der Waals surface area contributed by atoms with Crippen LogP contribution in [0.25, 0.3) is 11.4 Å². The minimum absolute atomic E-state index is 0.223. The van der Waals surface area contributed by atoms with E-state index < -0.39 is 0 Å². The zero-order valence-electron chi connectivity index (χ0n) is 15.9. The first-order valence-corrected chi connectivity index (χ1v) is 9.26. The maximum absolute atomic E-state index is 12.8. The Morgan fingerprint density at radius 2 is 1.96 bits per heavy atom. The van der Waals surface area contributed by atoms with E-state index in [1.807, 2.05) is 49.9 Å². The molecule has 3 heterocycles. The average molecular weight is 354 g/mol. The molecule has 2 aliphatic rings. The van der Waals surface area contributed by atoms with Crippen molar-refractivity contribution in [1.82, 2.24) is 19.7 Å². The van der Waals surface area contributed by atoms with E-state index in [4.69, 9.17) is 4.74 Å². The van der Waals surface area contributed by atoms with E-state index in [9.17, 15) is 4.79 Å². The smallest absolute Gasteiger partial charge is 0.228 e. The molecule has 26 heavy (non-hydrogen) atoms. The summed E-state index contributed by atoms with van der Waals surface area (Å²) in [7, 11) is 1.68. The van der Waals surface area contributed by atoms with Crippen LogP contribution in [0.2, 0.25) is 0 Å². The predicted molar refractivity (Wildman–Crippen MR) is 98.9 cm³/mol. The van der Waals surface area contributed by atoms with Gasteiger partial charge in [-0.3, -0.25) is 4.79 Å². The monoisotopic (exact) mass is 354 g/mol. The molecule has 1 saturated heterocycles. The van der Waals surface area contributed by atoms with Gasteiger partial charge >= 0.3 is 0 Å². The lowest BCUT2D eigenvalue weighted by Gasteiger charge is -2.27. The van der Waals surface area contributed by atoms with Gasteiger partial charge in [-0.2, -0.15) is 0 Å². The molecule has 0 saturated carbocycles. The quantitative estimate of drug-likeness (QED) is 0.832. The van der Waals surface area contributed by atoms with Gasteiger partial charge in [-0.1, -0.05) is 32.9 Å². The van der Waals surface area contributed by atoms with Crippen LogP contribution in [0.1, 0.15) is 39.1 Å². The molecule has 138 valence electrons. The number of hydrogen-bond acceptors (Lipinski definition) is 4. The summed E-state index contributed by atoms with van der Waals surface area (Å²) < 4.78 is 7.78. The lowest BCUT2D eigenvalue weighted by molar-refractivity contribution is -0.138. The fourth-order valence-electron chi connectivity index (χ4n) is 4.24. The Labute approximate surface area is 154 Å². The number of carbonyl (C=O) groups is 1. The van der Waals surface area contributed by atoms with Crippen molar-refractivity contribution in [3.05, 3.63) is 30.1 Å². The van der Waals surface area contributed by atoms with Crippen LogP contribution in [0.4, 0.5) is 0 Å². The molecule has 0 spiro atoms. The fourth-order valence-corrected chi connectivity index (χ4v) is 4.24. The summed E-state index contributed by atoms with van der Waals surface area (Å²) in [4.78, 5) is 14.8. The molecule has 1 amide bonds. The van der Waals surface area contributed by atoms with Crippen molar-refractivity contribution < 1.29 is 9.53 Å². The Morgan fingerprint density at radius 3 is 2.69 bits per heavy atom. The number of likely N-dealkylation sites (tertiary alicyclic amines) is 1. The van der Waals surface area contributed by atoms with E-state index in [0.717, 1.165) is 48.9 Å². The number of nitrogens with zero attached hydrogens (tertiary/aromatic N) is 4. The summed E-state index contributed by atoms with van der Waals surface area (Å²) in [6, 6.07) is 8.15. The number of ether oxygens (including phenoxy) is 1. The van der Waals surface area contributed by atoms with Gasteiger partial charge in [-0.05, 0) is 24.5 Å². The molecular weight excluding hydrogens is 328 g/mol. The van der Waals surface area contributed by atoms with E-state index in [0.29, 0.717) is 5.92 Å². The SMILES string of the molecule is COc1ccccc1-c1nnc2n1[C@H]1CN(C(=O)C(C)(C)C)C[C@H]1CC2. The number of carbonyl (C=O) groups excluding carboxylic acids is 1. The number of methoxy groups -OCH3 is 1. The molecule has 1 aromatic carbocycles. The Balaban J connectivity index is 1.72. The molecular formula is C20H26N4O2. The fraction of sp³-hybridized carbons (Fsp3) is 0.550. The van der Waals surface area contributed by atoms with Gasteiger partial charge in [0.15, 0.2) is 5.82 Å². The summed E-state index contributed by atoms with van der Waals surface area (Å²) in [6.45, 7) is 7.52. The summed E-state index contributed by atoms with van der Waals surface area (Å²) in [5.74, 6) is 3.33. The van der Waals surface area contributed by atoms with Crippen LogP contribution >= 0.6 is 0 Å². The Morgan fingerprint density at radius 1 is 1.19 bits per heavy atom. The molecule has 1 aromatic heterocycles. The van der Waals surface area contributed by atoms with Crippen molar-refractivity contribution in [1.29, 1.82) is 0 Å². The van der Waals surface area contributed by atoms with Crippen molar-refractivity contribution >= 4 is 5.91 Å². The largest absolute Gasteiger partial charge is 0.496 e. The number of aromatic nitrogens is 3. The van der Waals surface area contributed by atoms with Gasteiger partial charge in [0.25, 0.3) is 0 Å². The molecule has 6 heteroatoms. The zero-order valence-corrected chi connectivity index (χ0v) is 15.9. The molecule has 0 unspecified atom stereocenters. The van der Waals surface area contributed by atoms with Crippen LogP contribution < -0.4 is 4.74 Å². The number of amides is 1. The number of rotatable bonds is 2. The number of fused-ring (bicyclic) bond motifs is 3. The topological polar surface area (TPSA) is 60.3 Å². The number of hydrogen-bond donors (Lipinski definition) is 0. The van der Waals surface area contributed by atoms with Crippen molar-refractivity contribution in [2.75, 3.05) is 20.2 Å². The second-order valence-electron chi connectivity index (χ2n) is 8.34. The van der Waals surface area contributed by atoms with E-state index in [1.54, 1.807) is 7.11 Å². The van der Waals surface area contributed by atoms with E-state index in [2.05, 4.69) is 14.8 Å². The molecule has 1 fully saturated rings. The first kappa shape index (κ1) is 17.1. The van der Waals surface area contributed by atoms with Crippen molar-refractivity contribution in [3.63, 3.8) is 0 Å². The van der Waals surface area contributed by atoms with Crippen LogP contribution in [0.5, 0.6) is 5.75 Å². The molecule has 0 radical (unpaired) electrons. The highest BCUT2D eigenvalue weighted by molar-refractivity contribution is 5.82. The average Bonchev–Trinajstić information content (AvgIpc) is 3.23. The van der Waals surface area contributed by atoms with Gasteiger partial charge in [-0.15, -0.1) is 10.2 Å². The van der Waals surface area contributed by atoms with Crippen molar-refractivity contribution in [2.24, 2.45) is 11.3 Å². The minimum Gasteiger partial charge on any atom is -0.496 e. The van der Waals surface area contributed by atoms with Crippen LogP contribution in [0.15, 0.2) is 24.3 Å². The lowest BCUT2D eigenvalue weighted by atomic mass is 9.93. The van der Waals surface area contributed by atoms with Crippen LogP contribution in [0, 0.1) is 11.3 Å². The third-order valence-electron chi connectivity index (χ3n) is 5.52. The number of para-hydroxylation sites is 1. The molecule has 2 aromatic rings. The number of benzene rings is 1. The van der Waals surface area contributed by atoms with E-state index >= 15 is 0 Å². The molecule has 6 nitrogen and oxygen atoms in total. The van der Waals surface area contributed by atoms with Crippen LogP contribution in [-0.2, 0) is 11.2 Å². The summed E-state index contributed by atoms with van der Waals surface area (Å²) in [5.41, 5.74) is 0.602. The summed E-state index contributed by atoms with van der Waals surface area (Å²) in [6.07, 6.45) is 1.96. The maximum Gasteiger partial charge on any atom is 0.228 e. The van der Waals surface area contributed by atoms with Crippen molar-refractivity contribution in [3.8, 4) is 17.1 Å². The molecule has 2 atom stereocenters. The molecule has 2 aliphatic heterocycles. The maximum atomic E-state index is 12.8. The second-order valence-corrected chi connectivity index (χ2v) is 8.34. The van der Waals surface area contributed by atoms with Crippen LogP contribution in [0.3, 0.4) is 0 Å². The highest BCUT2D eigenvalue weighted by atomic mass is 16.5. The van der Waals surface area contributed by atoms with E-state index in [1.165, 1.54) is 0 Å². The Bertz CT molecular complexity index is 837. The lowest BCUT2D eigenvalue weighted by Crippen LogP contribution is -2.38. The molecule has 0 N–H and O–H groups in total. The first-order chi connectivity index (χ1) is 12.4. The van der Waals surface area contributed by atoms with Gasteiger partial charge in [-0.25, -0.2) is 0 Å². The molecule has 4 rings (SSSR count). The molecule has 0 bridgehead atoms. The zero-order chi connectivity index (χ0) is 18.5. The third-order valence-corrected chi connectivity index (χ3v) is 5.52. The predicted octanol–water partition coefficient (Wildman–Crippen LogP) is 2.95. The Kier molecular flexibility index (Phi) is 4.01. The molecule has 0 aliphatic carbocycles. The number of aryl methyl sites for hydroxylation is 1. The van der Waals surface area contributed by atoms with Crippen LogP contribution in [-0.4, -0.2) is 45.8 Å². The van der Waals surface area contributed by atoms with Gasteiger partial charge in [0.05, 0.1) is 18.7 Å². The standard InChI is InChI=1S/C20H26N4O2/c1-20(2,3)19(25)23-11-13-9-10-17-21-22-18(24(17)15(13)12-23)14-7-5-6-8-16(14)26-4/h5-8,13,15H,9-12H2,1-4H3/t13-,15+/m1/s1. The van der Waals surface area contributed by atoms with E-state index in [-0.39, 0.29) is 17.4 Å². The minimum atomic E-state index is -0.352. The Hall–Kier alpha value is -2.37. The van der Waals surface area contributed by atoms with Gasteiger partial charge in [0, 0.05) is 24.9 Å². The second kappa shape index (κ2) is 6.11. The highest BCUT2D eigenvalue weighted by Gasteiger charge is 2.43. The van der Waals surface area contributed by atoms with Gasteiger partial charge in [0.1, 0.15) is 11.6 Å². The van der Waals surface area contributed by atoms with Gasteiger partial charge < -0.3 is 14.2 Å². The first-order valence-electron chi connectivity index (χ1n) is 9.26. The highest BCUT2D eigenvalue weighted by Crippen LogP contribution is 2.41. The van der Waals surface area contributed by atoms with Crippen molar-refractivity contribution in [2.45, 2.75) is 39.7 Å². The van der Waals surface area contributed by atoms with Gasteiger partial charge in [0.2, 0.25) is 5.91 Å². The third kappa shape index (κ3) is 2.68.